The first-order valence-electron chi connectivity index (χ1n) is 5.01. The largest absolute Gasteiger partial charge is 0.380 e. The molecule has 1 aliphatic heterocycles. The van der Waals surface area contributed by atoms with Gasteiger partial charge in [0.15, 0.2) is 0 Å². The van der Waals surface area contributed by atoms with Crippen LogP contribution in [0.4, 0.5) is 11.5 Å². The van der Waals surface area contributed by atoms with Crippen molar-refractivity contribution in [1.29, 1.82) is 0 Å². The van der Waals surface area contributed by atoms with Gasteiger partial charge in [0.2, 0.25) is 0 Å². The molecule has 14 heavy (non-hydrogen) atoms. The summed E-state index contributed by atoms with van der Waals surface area (Å²) in [5.74, 6) is 1.10. The molecule has 1 aliphatic rings. The molecule has 0 aliphatic carbocycles. The highest BCUT2D eigenvalue weighted by Crippen LogP contribution is 2.30. The summed E-state index contributed by atoms with van der Waals surface area (Å²) >= 11 is 0. The van der Waals surface area contributed by atoms with Gasteiger partial charge in [0.25, 0.3) is 0 Å². The third kappa shape index (κ3) is 1.45. The van der Waals surface area contributed by atoms with Crippen molar-refractivity contribution in [3.63, 3.8) is 0 Å². The summed E-state index contributed by atoms with van der Waals surface area (Å²) in [7, 11) is 1.97. The number of aromatic nitrogens is 2. The number of aryl methyl sites for hydroxylation is 2. The summed E-state index contributed by atoms with van der Waals surface area (Å²) in [6, 6.07) is 0. The van der Waals surface area contributed by atoms with E-state index in [2.05, 4.69) is 29.6 Å². The summed E-state index contributed by atoms with van der Waals surface area (Å²) in [6.07, 6.45) is 0. The van der Waals surface area contributed by atoms with Gasteiger partial charge in [0.05, 0.1) is 5.69 Å². The molecular formula is C10H18N4. The molecule has 0 amide bonds. The molecule has 4 heteroatoms. The maximum Gasteiger partial charge on any atom is 0.148 e. The smallest absolute Gasteiger partial charge is 0.148 e. The van der Waals surface area contributed by atoms with Crippen LogP contribution in [0.1, 0.15) is 19.5 Å². The van der Waals surface area contributed by atoms with E-state index in [1.165, 1.54) is 0 Å². The first-order chi connectivity index (χ1) is 6.49. The lowest BCUT2D eigenvalue weighted by molar-refractivity contribution is 0.422. The number of anilines is 2. The third-order valence-corrected chi connectivity index (χ3v) is 2.70. The molecule has 2 rings (SSSR count). The highest BCUT2D eigenvalue weighted by Gasteiger charge is 2.24. The summed E-state index contributed by atoms with van der Waals surface area (Å²) in [5.41, 5.74) is 2.50. The maximum absolute atomic E-state index is 4.37. The minimum Gasteiger partial charge on any atom is -0.380 e. The van der Waals surface area contributed by atoms with Crippen molar-refractivity contribution in [3.05, 3.63) is 5.69 Å². The lowest BCUT2D eigenvalue weighted by atomic mass is 9.94. The van der Waals surface area contributed by atoms with Crippen LogP contribution in [0.2, 0.25) is 0 Å². The normalized spacial score (nSPS) is 19.1. The quantitative estimate of drug-likeness (QED) is 0.659. The molecule has 0 aromatic carbocycles. The Morgan fingerprint density at radius 3 is 2.64 bits per heavy atom. The predicted molar refractivity (Wildman–Crippen MR) is 58.7 cm³/mol. The Bertz CT molecular complexity index is 321. The van der Waals surface area contributed by atoms with Crippen LogP contribution in [0.15, 0.2) is 0 Å². The zero-order valence-corrected chi connectivity index (χ0v) is 9.31. The van der Waals surface area contributed by atoms with Gasteiger partial charge in [-0.05, 0) is 12.3 Å². The minimum absolute atomic E-state index is 0.283. The lowest BCUT2D eigenvalue weighted by Gasteiger charge is -2.22. The molecule has 2 N–H and O–H groups in total. The maximum atomic E-state index is 4.37. The van der Waals surface area contributed by atoms with Crippen molar-refractivity contribution in [3.8, 4) is 0 Å². The highest BCUT2D eigenvalue weighted by atomic mass is 15.3. The molecule has 78 valence electrons. The van der Waals surface area contributed by atoms with Gasteiger partial charge < -0.3 is 10.6 Å². The van der Waals surface area contributed by atoms with Gasteiger partial charge in [-0.25, -0.2) is 0 Å². The van der Waals surface area contributed by atoms with Crippen LogP contribution < -0.4 is 10.6 Å². The SMILES string of the molecule is Cc1nn(C)c2c1NCC(C)(C)CN2. The molecule has 1 aromatic rings. The monoisotopic (exact) mass is 194 g/mol. The fourth-order valence-electron chi connectivity index (χ4n) is 1.79. The average Bonchev–Trinajstić information content (AvgIpc) is 2.26. The molecule has 4 nitrogen and oxygen atoms in total. The Kier molecular flexibility index (Phi) is 1.94. The Balaban J connectivity index is 2.35. The lowest BCUT2D eigenvalue weighted by Crippen LogP contribution is -2.28. The van der Waals surface area contributed by atoms with Crippen molar-refractivity contribution in [2.45, 2.75) is 20.8 Å². The van der Waals surface area contributed by atoms with Crippen molar-refractivity contribution >= 4 is 11.5 Å². The van der Waals surface area contributed by atoms with E-state index >= 15 is 0 Å². The zero-order valence-electron chi connectivity index (χ0n) is 9.31. The van der Waals surface area contributed by atoms with Gasteiger partial charge in [0.1, 0.15) is 11.5 Å². The number of nitrogens with one attached hydrogen (secondary N) is 2. The summed E-state index contributed by atoms with van der Waals surface area (Å²) in [6.45, 7) is 8.50. The molecule has 0 bridgehead atoms. The van der Waals surface area contributed by atoms with Crippen molar-refractivity contribution in [1.82, 2.24) is 9.78 Å². The van der Waals surface area contributed by atoms with E-state index in [4.69, 9.17) is 0 Å². The minimum atomic E-state index is 0.283. The van der Waals surface area contributed by atoms with Gasteiger partial charge in [0, 0.05) is 20.1 Å². The van der Waals surface area contributed by atoms with Gasteiger partial charge in [-0.2, -0.15) is 5.10 Å². The fourth-order valence-corrected chi connectivity index (χ4v) is 1.79. The second-order valence-corrected chi connectivity index (χ2v) is 4.80. The van der Waals surface area contributed by atoms with E-state index in [0.717, 1.165) is 30.3 Å². The van der Waals surface area contributed by atoms with Crippen LogP contribution in [-0.4, -0.2) is 22.9 Å². The summed E-state index contributed by atoms with van der Waals surface area (Å²) < 4.78 is 1.90. The van der Waals surface area contributed by atoms with Gasteiger partial charge >= 0.3 is 0 Å². The van der Waals surface area contributed by atoms with E-state index < -0.39 is 0 Å². The van der Waals surface area contributed by atoms with Crippen molar-refractivity contribution in [2.24, 2.45) is 12.5 Å². The first-order valence-corrected chi connectivity index (χ1v) is 5.01. The Hall–Kier alpha value is -1.19. The van der Waals surface area contributed by atoms with Crippen molar-refractivity contribution in [2.75, 3.05) is 23.7 Å². The predicted octanol–water partition coefficient (Wildman–Crippen LogP) is 1.59. The number of nitrogens with zero attached hydrogens (tertiary/aromatic N) is 2. The fraction of sp³-hybridized carbons (Fsp3) is 0.700. The van der Waals surface area contributed by atoms with Crippen molar-refractivity contribution < 1.29 is 0 Å². The number of hydrogen-bond donors (Lipinski definition) is 2. The van der Waals surface area contributed by atoms with E-state index in [1.54, 1.807) is 0 Å². The van der Waals surface area contributed by atoms with Crippen LogP contribution in [0, 0.1) is 12.3 Å². The van der Waals surface area contributed by atoms with Crippen LogP contribution in [0.25, 0.3) is 0 Å². The molecule has 0 fully saturated rings. The summed E-state index contributed by atoms with van der Waals surface area (Å²) in [5, 5.41) is 11.3. The molecule has 1 aromatic heterocycles. The first kappa shape index (κ1) is 9.37. The second kappa shape index (κ2) is 2.90. The zero-order chi connectivity index (χ0) is 10.3. The van der Waals surface area contributed by atoms with Crippen LogP contribution in [-0.2, 0) is 7.05 Å². The third-order valence-electron chi connectivity index (χ3n) is 2.70. The summed E-state index contributed by atoms with van der Waals surface area (Å²) in [4.78, 5) is 0. The highest BCUT2D eigenvalue weighted by molar-refractivity contribution is 5.68. The van der Waals surface area contributed by atoms with E-state index in [-0.39, 0.29) is 5.41 Å². The number of rotatable bonds is 0. The van der Waals surface area contributed by atoms with Crippen LogP contribution in [0.3, 0.4) is 0 Å². The number of fused-ring (bicyclic) bond motifs is 1. The molecule has 0 spiro atoms. The molecule has 0 atom stereocenters. The van der Waals surface area contributed by atoms with Crippen LogP contribution in [0.5, 0.6) is 0 Å². The topological polar surface area (TPSA) is 41.9 Å². The molecule has 0 radical (unpaired) electrons. The van der Waals surface area contributed by atoms with E-state index in [1.807, 2.05) is 18.7 Å². The molecule has 0 unspecified atom stereocenters. The molecule has 2 heterocycles. The van der Waals surface area contributed by atoms with E-state index in [9.17, 15) is 0 Å². The molecule has 0 saturated heterocycles. The van der Waals surface area contributed by atoms with Crippen LogP contribution >= 0.6 is 0 Å². The number of hydrogen-bond acceptors (Lipinski definition) is 3. The Labute approximate surface area is 84.7 Å². The molecule has 0 saturated carbocycles. The second-order valence-electron chi connectivity index (χ2n) is 4.80. The molecular weight excluding hydrogens is 176 g/mol. The average molecular weight is 194 g/mol. The standard InChI is InChI=1S/C10H18N4/c1-7-8-9(14(4)13-7)12-6-10(2,3)5-11-8/h11-12H,5-6H2,1-4H3. The van der Waals surface area contributed by atoms with Gasteiger partial charge in [-0.1, -0.05) is 13.8 Å². The van der Waals surface area contributed by atoms with Gasteiger partial charge in [-0.3, -0.25) is 4.68 Å². The van der Waals surface area contributed by atoms with Gasteiger partial charge in [-0.15, -0.1) is 0 Å². The Morgan fingerprint density at radius 1 is 1.29 bits per heavy atom. The Morgan fingerprint density at radius 2 is 1.93 bits per heavy atom. The van der Waals surface area contributed by atoms with E-state index in [0.29, 0.717) is 0 Å².